The molecule has 0 amide bonds. The van der Waals surface area contributed by atoms with Crippen LogP contribution in [0.5, 0.6) is 0 Å². The number of aromatic nitrogens is 4. The van der Waals surface area contributed by atoms with Gasteiger partial charge in [0.05, 0.1) is 6.33 Å². The minimum absolute atomic E-state index is 0.303. The Bertz CT molecular complexity index is 1070. The molecule has 0 saturated heterocycles. The fourth-order valence-electron chi connectivity index (χ4n) is 3.85. The summed E-state index contributed by atoms with van der Waals surface area (Å²) in [5.41, 5.74) is -1.38. The monoisotopic (exact) mass is 398 g/mol. The number of nitrogens with zero attached hydrogens (tertiary/aromatic N) is 4. The van der Waals surface area contributed by atoms with Crippen molar-refractivity contribution in [3.05, 3.63) is 48.5 Å². The summed E-state index contributed by atoms with van der Waals surface area (Å²) in [5, 5.41) is 33.9. The number of nitrogens with one attached hydrogen (secondary N) is 1. The average Bonchev–Trinajstić information content (AvgIpc) is 3.11. The summed E-state index contributed by atoms with van der Waals surface area (Å²) in [5.74, 6) is -0.971. The van der Waals surface area contributed by atoms with Crippen LogP contribution in [0.25, 0.3) is 11.2 Å². The van der Waals surface area contributed by atoms with Crippen molar-refractivity contribution in [3.63, 3.8) is 0 Å². The molecule has 3 unspecified atom stereocenters. The van der Waals surface area contributed by atoms with Gasteiger partial charge in [-0.25, -0.2) is 14.3 Å². The Morgan fingerprint density at radius 1 is 1.28 bits per heavy atom. The standard InChI is InChI=1S/C20H23N5O4/c1-19(18(27)28)17(26)20(2,29)25-12-22-15-14(16(25)23-19)21-11-24(15)10-6-9-13-7-4-3-5-8-13/h3-5,7-8,11-12,17,26,29H,6,9-10H2,1-2H3,(H,27,28)/p+1. The second-order valence-corrected chi connectivity index (χ2v) is 7.79. The van der Waals surface area contributed by atoms with Crippen molar-refractivity contribution in [3.8, 4) is 0 Å². The van der Waals surface area contributed by atoms with Crippen LogP contribution in [0, 0.1) is 0 Å². The second kappa shape index (κ2) is 6.78. The summed E-state index contributed by atoms with van der Waals surface area (Å²) in [6.07, 6.45) is 3.25. The number of fused-ring (bicyclic) bond motifs is 3. The number of hydrogen-bond donors (Lipinski definition) is 4. The topological polar surface area (TPSA) is 124 Å². The molecule has 0 saturated carbocycles. The molecule has 3 atom stereocenters. The minimum atomic E-state index is -1.87. The molecule has 0 radical (unpaired) electrons. The van der Waals surface area contributed by atoms with Crippen LogP contribution in [0.3, 0.4) is 0 Å². The molecule has 0 fully saturated rings. The van der Waals surface area contributed by atoms with E-state index < -0.39 is 23.3 Å². The summed E-state index contributed by atoms with van der Waals surface area (Å²) in [6, 6.07) is 10.2. The molecule has 2 aromatic heterocycles. The molecule has 0 spiro atoms. The number of aliphatic hydroxyl groups excluding tert-OH is 1. The predicted octanol–water partition coefficient (Wildman–Crippen LogP) is 0.646. The van der Waals surface area contributed by atoms with Crippen LogP contribution in [0.4, 0.5) is 5.82 Å². The van der Waals surface area contributed by atoms with Gasteiger partial charge in [0.2, 0.25) is 23.2 Å². The van der Waals surface area contributed by atoms with Crippen molar-refractivity contribution in [1.82, 2.24) is 14.5 Å². The Morgan fingerprint density at radius 3 is 2.69 bits per heavy atom. The maximum Gasteiger partial charge on any atom is 0.346 e. The number of benzene rings is 1. The number of carboxylic acids is 1. The van der Waals surface area contributed by atoms with E-state index in [9.17, 15) is 20.1 Å². The Balaban J connectivity index is 1.67. The first kappa shape index (κ1) is 19.3. The van der Waals surface area contributed by atoms with Crippen molar-refractivity contribution < 1.29 is 24.7 Å². The zero-order chi connectivity index (χ0) is 20.8. The van der Waals surface area contributed by atoms with Gasteiger partial charge in [-0.15, -0.1) is 0 Å². The molecule has 4 N–H and O–H groups in total. The van der Waals surface area contributed by atoms with E-state index in [-0.39, 0.29) is 0 Å². The molecule has 29 heavy (non-hydrogen) atoms. The summed E-state index contributed by atoms with van der Waals surface area (Å²) in [7, 11) is 0. The van der Waals surface area contributed by atoms with E-state index in [4.69, 9.17) is 0 Å². The number of imidazole rings is 1. The van der Waals surface area contributed by atoms with Crippen LogP contribution < -0.4 is 9.88 Å². The fraction of sp³-hybridized carbons (Fsp3) is 0.400. The van der Waals surface area contributed by atoms with Crippen molar-refractivity contribution in [2.45, 2.75) is 50.6 Å². The van der Waals surface area contributed by atoms with E-state index >= 15 is 0 Å². The summed E-state index contributed by atoms with van der Waals surface area (Å²) < 4.78 is 3.23. The maximum absolute atomic E-state index is 11.8. The molecule has 9 heteroatoms. The molecule has 1 aromatic carbocycles. The van der Waals surface area contributed by atoms with Gasteiger partial charge in [-0.2, -0.15) is 0 Å². The quantitative estimate of drug-likeness (QED) is 0.465. The number of aliphatic hydroxyl groups is 2. The zero-order valence-electron chi connectivity index (χ0n) is 16.3. The van der Waals surface area contributed by atoms with Crippen molar-refractivity contribution in [2.75, 3.05) is 5.32 Å². The van der Waals surface area contributed by atoms with Gasteiger partial charge in [-0.3, -0.25) is 5.32 Å². The first-order valence-electron chi connectivity index (χ1n) is 9.47. The van der Waals surface area contributed by atoms with E-state index in [1.54, 1.807) is 6.33 Å². The van der Waals surface area contributed by atoms with Crippen LogP contribution in [0.1, 0.15) is 25.8 Å². The second-order valence-electron chi connectivity index (χ2n) is 7.79. The SMILES string of the molecule is CC1(C(=O)O)Nc2c3ncn(CCCc4ccccc4)c3nc[n+]2C(C)(O)C1O. The maximum atomic E-state index is 11.8. The normalized spacial score (nSPS) is 26.1. The highest BCUT2D eigenvalue weighted by Crippen LogP contribution is 2.33. The third kappa shape index (κ3) is 3.02. The predicted molar refractivity (Wildman–Crippen MR) is 104 cm³/mol. The molecular weight excluding hydrogens is 374 g/mol. The average molecular weight is 398 g/mol. The Kier molecular flexibility index (Phi) is 4.51. The lowest BCUT2D eigenvalue weighted by Crippen LogP contribution is -2.75. The van der Waals surface area contributed by atoms with Crippen LogP contribution in [0.15, 0.2) is 43.0 Å². The van der Waals surface area contributed by atoms with E-state index in [1.807, 2.05) is 22.8 Å². The number of aliphatic carboxylic acids is 1. The molecule has 9 nitrogen and oxygen atoms in total. The van der Waals surface area contributed by atoms with Gasteiger partial charge < -0.3 is 19.9 Å². The van der Waals surface area contributed by atoms with Gasteiger partial charge in [-0.1, -0.05) is 35.3 Å². The third-order valence-corrected chi connectivity index (χ3v) is 5.65. The molecule has 4 rings (SSSR count). The highest BCUT2D eigenvalue weighted by Gasteiger charge is 2.59. The minimum Gasteiger partial charge on any atom is -0.478 e. The number of carboxylic acid groups (broad SMARTS) is 1. The highest BCUT2D eigenvalue weighted by atomic mass is 16.4. The van der Waals surface area contributed by atoms with Crippen LogP contribution >= 0.6 is 0 Å². The van der Waals surface area contributed by atoms with E-state index in [2.05, 4.69) is 27.4 Å². The van der Waals surface area contributed by atoms with Crippen LogP contribution in [0.2, 0.25) is 0 Å². The van der Waals surface area contributed by atoms with Crippen LogP contribution in [-0.4, -0.2) is 47.5 Å². The van der Waals surface area contributed by atoms with Crippen molar-refractivity contribution in [1.29, 1.82) is 0 Å². The third-order valence-electron chi connectivity index (χ3n) is 5.65. The van der Waals surface area contributed by atoms with Crippen LogP contribution in [-0.2, 0) is 23.5 Å². The van der Waals surface area contributed by atoms with Gasteiger partial charge in [0.15, 0.2) is 11.6 Å². The van der Waals surface area contributed by atoms with Gasteiger partial charge in [-0.05, 0) is 25.3 Å². The first-order valence-corrected chi connectivity index (χ1v) is 9.47. The molecule has 3 aromatic rings. The van der Waals surface area contributed by atoms with Gasteiger partial charge in [0, 0.05) is 13.5 Å². The van der Waals surface area contributed by atoms with Gasteiger partial charge in [0.1, 0.15) is 0 Å². The Morgan fingerprint density at radius 2 is 2.00 bits per heavy atom. The van der Waals surface area contributed by atoms with E-state index in [0.29, 0.717) is 23.5 Å². The zero-order valence-corrected chi connectivity index (χ0v) is 16.3. The highest BCUT2D eigenvalue weighted by molar-refractivity contribution is 5.88. The molecular formula is C20H24N5O4+. The van der Waals surface area contributed by atoms with E-state index in [1.165, 1.54) is 30.3 Å². The van der Waals surface area contributed by atoms with E-state index in [0.717, 1.165) is 12.8 Å². The summed E-state index contributed by atoms with van der Waals surface area (Å²) in [4.78, 5) is 20.6. The molecule has 0 aliphatic carbocycles. The number of anilines is 1. The first-order chi connectivity index (χ1) is 13.7. The van der Waals surface area contributed by atoms with Crippen molar-refractivity contribution in [2.24, 2.45) is 0 Å². The summed E-state index contributed by atoms with van der Waals surface area (Å²) >= 11 is 0. The molecule has 3 heterocycles. The Labute approximate surface area is 167 Å². The molecule has 0 bridgehead atoms. The molecule has 152 valence electrons. The Hall–Kier alpha value is -3.04. The largest absolute Gasteiger partial charge is 0.478 e. The number of carbonyl (C=O) groups is 1. The fourth-order valence-corrected chi connectivity index (χ4v) is 3.85. The lowest BCUT2D eigenvalue weighted by molar-refractivity contribution is -0.807. The number of hydrogen-bond acceptors (Lipinski definition) is 6. The number of rotatable bonds is 5. The smallest absolute Gasteiger partial charge is 0.346 e. The van der Waals surface area contributed by atoms with Crippen molar-refractivity contribution >= 4 is 23.0 Å². The molecule has 1 aliphatic rings. The van der Waals surface area contributed by atoms with Gasteiger partial charge >= 0.3 is 5.97 Å². The lowest BCUT2D eigenvalue weighted by Gasteiger charge is -2.41. The number of aryl methyl sites for hydroxylation is 2. The van der Waals surface area contributed by atoms with Gasteiger partial charge in [0.25, 0.3) is 5.82 Å². The lowest BCUT2D eigenvalue weighted by atomic mass is 9.85. The molecule has 1 aliphatic heterocycles. The summed E-state index contributed by atoms with van der Waals surface area (Å²) in [6.45, 7) is 3.38.